The van der Waals surface area contributed by atoms with E-state index >= 15 is 0 Å². The van der Waals surface area contributed by atoms with Gasteiger partial charge in [-0.3, -0.25) is 10.2 Å². The molecular weight excluding hydrogens is 1740 g/mol. The summed E-state index contributed by atoms with van der Waals surface area (Å²) in [6.45, 7) is 17.2. The Morgan fingerprint density at radius 2 is 1.03 bits per heavy atom. The molecule has 11 N–H and O–H groups in total. The summed E-state index contributed by atoms with van der Waals surface area (Å²) in [4.78, 5) is 34.2. The van der Waals surface area contributed by atoms with Crippen molar-refractivity contribution in [1.82, 2.24) is 20.0 Å². The van der Waals surface area contributed by atoms with Gasteiger partial charge in [0.25, 0.3) is 6.47 Å². The topological polar surface area (TPSA) is 273 Å². The van der Waals surface area contributed by atoms with Crippen molar-refractivity contribution in [1.29, 1.82) is 5.41 Å². The van der Waals surface area contributed by atoms with Gasteiger partial charge in [0.2, 0.25) is 0 Å². The Kier molecular flexibility index (Phi) is 63.4. The number of amidine groups is 1. The van der Waals surface area contributed by atoms with Gasteiger partial charge >= 0.3 is 103 Å². The largest absolute Gasteiger partial charge is 1.00 e. The van der Waals surface area contributed by atoms with E-state index in [2.05, 4.69) is 178 Å². The van der Waals surface area contributed by atoms with Crippen LogP contribution in [0.25, 0.3) is 0 Å². The predicted octanol–water partition coefficient (Wildman–Crippen LogP) is 4.61. The van der Waals surface area contributed by atoms with E-state index in [0.717, 1.165) is 119 Å². The Bertz CT molecular complexity index is 3030. The Labute approximate surface area is 744 Å². The van der Waals surface area contributed by atoms with E-state index in [1.165, 1.54) is 115 Å². The van der Waals surface area contributed by atoms with Gasteiger partial charge in [-0.2, -0.15) is 0 Å². The van der Waals surface area contributed by atoms with Crippen LogP contribution in [0.3, 0.4) is 0 Å². The van der Waals surface area contributed by atoms with Crippen molar-refractivity contribution in [2.24, 2.45) is 10.7 Å². The van der Waals surface area contributed by atoms with Crippen LogP contribution >= 0.6 is 113 Å². The number of nitrogens with two attached hydrogens (primary N) is 2. The van der Waals surface area contributed by atoms with Crippen LogP contribution in [0.4, 0.5) is 34.1 Å². The second-order valence-corrected chi connectivity index (χ2v) is 28.3. The first-order chi connectivity index (χ1) is 46.5. The molecule has 4 aliphatic heterocycles. The monoisotopic (exact) mass is 1850 g/mol. The number of thiophene rings is 2. The molecule has 4 aliphatic rings. The van der Waals surface area contributed by atoms with Gasteiger partial charge in [-0.15, -0.1) is 58.4 Å². The van der Waals surface area contributed by atoms with E-state index in [1.807, 2.05) is 61.4 Å². The molecule has 552 valence electrons. The number of rotatable bonds is 23. The maximum Gasteiger partial charge on any atom is 1.00 e. The summed E-state index contributed by atoms with van der Waals surface area (Å²) >= 11 is 14.2. The first-order valence-corrected chi connectivity index (χ1v) is 38.7. The number of aliphatic imine (C=N–C) groups is 1. The Morgan fingerprint density at radius 1 is 0.660 bits per heavy atom. The van der Waals surface area contributed by atoms with Gasteiger partial charge in [0.1, 0.15) is 10.9 Å². The summed E-state index contributed by atoms with van der Waals surface area (Å²) in [5.41, 5.74) is 24.8. The van der Waals surface area contributed by atoms with Gasteiger partial charge < -0.3 is 88.2 Å². The smallest absolute Gasteiger partial charge is 1.00 e. The van der Waals surface area contributed by atoms with Crippen LogP contribution < -0.4 is 144 Å². The fourth-order valence-corrected chi connectivity index (χ4v) is 14.0. The zero-order valence-electron chi connectivity index (χ0n) is 60.4. The van der Waals surface area contributed by atoms with Crippen molar-refractivity contribution in [3.05, 3.63) is 149 Å². The van der Waals surface area contributed by atoms with E-state index < -0.39 is 0 Å². The molecule has 0 amide bonds. The minimum absolute atomic E-state index is 0. The number of aryl methyl sites for hydroxylation is 4. The molecule has 10 rings (SSSR count). The molecule has 0 saturated carbocycles. The number of nitrogens with one attached hydrogen (secondary N) is 2. The first kappa shape index (κ1) is 102. The van der Waals surface area contributed by atoms with Crippen LogP contribution in [0, 0.1) is 5.41 Å². The summed E-state index contributed by atoms with van der Waals surface area (Å²) in [5, 5.41) is 65.6. The Balaban J connectivity index is -0.00000115. The number of benzene rings is 4. The van der Waals surface area contributed by atoms with E-state index in [4.69, 9.17) is 52.5 Å². The van der Waals surface area contributed by atoms with Crippen molar-refractivity contribution >= 4 is 164 Å². The molecule has 0 bridgehead atoms. The average Bonchev–Trinajstić information content (AvgIpc) is 0.950. The van der Waals surface area contributed by atoms with Crippen LogP contribution in [0.2, 0.25) is 0 Å². The fraction of sp³-hybridized carbons (Fsp3) is 0.507. The third-order valence-electron chi connectivity index (χ3n) is 15.5. The number of fused-ring (bicyclic) bond motifs is 4. The molecule has 0 radical (unpaired) electrons. The van der Waals surface area contributed by atoms with Gasteiger partial charge in [-0.05, 0) is 211 Å². The molecular formula is C71H112Br2I2K2N12O8S3. The fourth-order valence-electron chi connectivity index (χ4n) is 10.7. The van der Waals surface area contributed by atoms with Crippen LogP contribution in [-0.2, 0) is 35.4 Å². The van der Waals surface area contributed by atoms with E-state index in [9.17, 15) is 0 Å². The third kappa shape index (κ3) is 40.6. The van der Waals surface area contributed by atoms with Gasteiger partial charge in [-0.25, -0.2) is 4.99 Å². The summed E-state index contributed by atoms with van der Waals surface area (Å²) in [7, 11) is 7.95. The van der Waals surface area contributed by atoms with Gasteiger partial charge in [0.15, 0.2) is 0 Å². The quantitative estimate of drug-likeness (QED) is 0.00488. The number of carbonyl (C=O) groups excluding carboxylic acids is 1. The molecule has 4 aromatic carbocycles. The average molecular weight is 1850 g/mol. The number of nitrogens with zero attached hydrogens (tertiary/aromatic N) is 8. The third-order valence-corrected chi connectivity index (χ3v) is 19.5. The molecule has 0 saturated heterocycles. The number of hydrogen-bond donors (Lipinski definition) is 9. The number of carbonyl (C=O) groups is 1. The Morgan fingerprint density at radius 3 is 1.37 bits per heavy atom. The maximum absolute atomic E-state index is 9.03. The number of likely N-dealkylation sites (N-methyl/N-ethyl adjacent to an activating group) is 4. The summed E-state index contributed by atoms with van der Waals surface area (Å²) in [6, 6.07) is 33.7. The molecule has 0 aliphatic carbocycles. The molecule has 6 aromatic rings. The van der Waals surface area contributed by atoms with Crippen molar-refractivity contribution in [2.75, 3.05) is 195 Å². The van der Waals surface area contributed by atoms with Crippen LogP contribution in [0.1, 0.15) is 73.5 Å². The van der Waals surface area contributed by atoms with Crippen LogP contribution in [0.15, 0.2) is 122 Å². The number of aliphatic hydroxyl groups is 5. The minimum Gasteiger partial charge on any atom is -1.00 e. The summed E-state index contributed by atoms with van der Waals surface area (Å²) in [6.07, 6.45) is 11.4. The standard InChI is InChI=1S/C19H26N4OS.C14H21BrN2O.C14H23N3O.C11H13BrIN.C6H7NS2.C3H9NO.C2H6O.CH2O3.CH4.HI.2K.H/c1-22(11-12-24)9-10-23-8-2-4-15-14-16(6-7-17(15)23)21-19(20)18-5-3-13-25-18;2*1-16(9-10-18)7-8-17-6-2-3-12-11-13(15)4-5-14(12)17;12-10-3-4-11-9(8-10)2-1-6-14(11)7-5-13;1-8-6(7)5-3-2-4-9-5;1-4-2-3-5;1-2-3;2-1-4-3;;;;;/h3,5-7,13-14,24H,2,4,8-12H2,1H3,(H2,20,21);4-5,11,18H,2-3,6-10H2,1H3;4-5,11,18H,2-3,6-10,15H2,1H3;3-4,8H,1-2,5-7H2;2-4,7H,1H3;4-5H,2-3H2,1H3;3H,2H2,1H3;1,3H;1H4;1H;;;/q;;;;;;;;;;2*+1;-1/p-1. The molecule has 2 aromatic heterocycles. The molecule has 0 atom stereocenters. The van der Waals surface area contributed by atoms with Crippen molar-refractivity contribution in [2.45, 2.75) is 65.7 Å². The predicted molar refractivity (Wildman–Crippen MR) is 444 cm³/mol. The number of thioether (sulfide) groups is 1. The molecule has 20 nitrogen and oxygen atoms in total. The first-order valence-electron chi connectivity index (χ1n) is 32.6. The van der Waals surface area contributed by atoms with Crippen molar-refractivity contribution in [3.63, 3.8) is 0 Å². The molecule has 0 fully saturated rings. The van der Waals surface area contributed by atoms with Crippen LogP contribution in [-0.4, -0.2) is 228 Å². The number of anilines is 5. The SMILES string of the molecule is Brc1ccc2c(c1)CCCN2CCI.C.CCO.CN(CCO)CCN1CCCc2cc(Br)ccc21.CN(CCO)CCN1CCCc2cc(N)ccc21.CN(CCO)CCN1CCCc2cc(N=C(N)c3cccs3)ccc21.CNCCO.CSC(=N)c1cccs1.I.O=CO[O-].[H-].[K+].[K+]. The van der Waals surface area contributed by atoms with Gasteiger partial charge in [-0.1, -0.05) is 74.0 Å². The minimum atomic E-state index is -0.181. The zero-order chi connectivity index (χ0) is 70.5. The molecule has 0 unspecified atom stereocenters. The molecule has 100 heavy (non-hydrogen) atoms. The van der Waals surface area contributed by atoms with E-state index in [-0.39, 0.29) is 175 Å². The summed E-state index contributed by atoms with van der Waals surface area (Å²) < 4.78 is 3.57. The summed E-state index contributed by atoms with van der Waals surface area (Å²) in [5.74, 6) is 0.577. The van der Waals surface area contributed by atoms with Gasteiger partial charge in [0, 0.05) is 147 Å². The second kappa shape index (κ2) is 62.4. The number of alkyl halides is 1. The van der Waals surface area contributed by atoms with E-state index in [1.54, 1.807) is 36.6 Å². The molecule has 29 heteroatoms. The van der Waals surface area contributed by atoms with Crippen LogP contribution in [0.5, 0.6) is 0 Å². The molecule has 0 spiro atoms. The molecule has 6 heterocycles. The maximum atomic E-state index is 9.03. The number of halogens is 4. The van der Waals surface area contributed by atoms with Gasteiger partial charge in [0.05, 0.1) is 41.9 Å². The Hall–Kier alpha value is -0.467. The number of nitrogen functional groups attached to an aromatic ring is 1. The van der Waals surface area contributed by atoms with Crippen molar-refractivity contribution in [3.8, 4) is 0 Å². The second-order valence-electron chi connectivity index (χ2n) is 22.7. The normalized spacial score (nSPS) is 12.9. The van der Waals surface area contributed by atoms with E-state index in [0.29, 0.717) is 17.4 Å². The zero-order valence-corrected chi connectivity index (χ0v) is 75.8. The number of aliphatic hydroxyl groups excluding tert-OH is 5. The number of hydrogen-bond acceptors (Lipinski definition) is 22. The van der Waals surface area contributed by atoms with Crippen molar-refractivity contribution < 1.29 is 145 Å².